The molecule has 1 aromatic heterocycles. The van der Waals surface area contributed by atoms with Crippen molar-refractivity contribution in [2.75, 3.05) is 13.6 Å². The molecule has 1 heterocycles. The van der Waals surface area contributed by atoms with Crippen LogP contribution in [-0.2, 0) is 11.3 Å². The van der Waals surface area contributed by atoms with Crippen molar-refractivity contribution in [2.45, 2.75) is 13.0 Å². The molecule has 0 radical (unpaired) electrons. The summed E-state index contributed by atoms with van der Waals surface area (Å²) < 4.78 is 19.4. The van der Waals surface area contributed by atoms with Gasteiger partial charge in [0.25, 0.3) is 0 Å². The lowest BCUT2D eigenvalue weighted by molar-refractivity contribution is -0.121. The van der Waals surface area contributed by atoms with Gasteiger partial charge in [0.1, 0.15) is 5.75 Å². The molecule has 0 unspecified atom stereocenters. The molecule has 8 heteroatoms. The minimum atomic E-state index is -0.481. The van der Waals surface area contributed by atoms with Crippen LogP contribution in [0.5, 0.6) is 11.5 Å². The summed E-state index contributed by atoms with van der Waals surface area (Å²) in [6.07, 6.45) is 3.51. The molecule has 132 valence electrons. The fourth-order valence-corrected chi connectivity index (χ4v) is 1.80. The van der Waals surface area contributed by atoms with Gasteiger partial charge in [-0.15, -0.1) is 24.8 Å². The molecule has 24 heavy (non-hydrogen) atoms. The molecule has 0 atom stereocenters. The third-order valence-corrected chi connectivity index (χ3v) is 2.95. The van der Waals surface area contributed by atoms with Crippen molar-refractivity contribution in [1.29, 1.82) is 0 Å². The molecule has 0 aliphatic carbocycles. The highest BCUT2D eigenvalue weighted by atomic mass is 35.5. The number of nitrogens with zero attached hydrogens (tertiary/aromatic N) is 1. The maximum absolute atomic E-state index is 14.0. The predicted octanol–water partition coefficient (Wildman–Crippen LogP) is 3.08. The van der Waals surface area contributed by atoms with Crippen LogP contribution in [0.1, 0.15) is 12.0 Å². The summed E-state index contributed by atoms with van der Waals surface area (Å²) in [4.78, 5) is 15.4. The average molecular weight is 376 g/mol. The van der Waals surface area contributed by atoms with E-state index in [-0.39, 0.29) is 43.0 Å². The van der Waals surface area contributed by atoms with Gasteiger partial charge in [0.15, 0.2) is 11.6 Å². The number of amides is 1. The molecule has 0 aliphatic heterocycles. The zero-order valence-electron chi connectivity index (χ0n) is 13.1. The molecule has 5 nitrogen and oxygen atoms in total. The molecule has 2 aromatic rings. The number of hydrogen-bond donors (Lipinski definition) is 2. The second kappa shape index (κ2) is 11.6. The van der Waals surface area contributed by atoms with E-state index in [4.69, 9.17) is 4.74 Å². The van der Waals surface area contributed by atoms with Crippen LogP contribution in [0, 0.1) is 5.82 Å². The van der Waals surface area contributed by atoms with Crippen molar-refractivity contribution in [3.63, 3.8) is 0 Å². The highest BCUT2D eigenvalue weighted by molar-refractivity contribution is 5.85. The molecule has 0 bridgehead atoms. The Morgan fingerprint density at radius 2 is 2.08 bits per heavy atom. The summed E-state index contributed by atoms with van der Waals surface area (Å²) in [5.74, 6) is 0.0315. The summed E-state index contributed by atoms with van der Waals surface area (Å²) in [5.41, 5.74) is 0.675. The van der Waals surface area contributed by atoms with Crippen molar-refractivity contribution in [3.05, 3.63) is 54.1 Å². The first-order valence-electron chi connectivity index (χ1n) is 6.96. The largest absolute Gasteiger partial charge is 0.453 e. The Morgan fingerprint density at radius 3 is 2.71 bits per heavy atom. The van der Waals surface area contributed by atoms with Gasteiger partial charge < -0.3 is 15.4 Å². The molecule has 0 saturated carbocycles. The van der Waals surface area contributed by atoms with Crippen molar-refractivity contribution in [1.82, 2.24) is 15.6 Å². The van der Waals surface area contributed by atoms with Crippen molar-refractivity contribution in [2.24, 2.45) is 0 Å². The Balaban J connectivity index is 0.00000264. The van der Waals surface area contributed by atoms with E-state index in [2.05, 4.69) is 15.6 Å². The lowest BCUT2D eigenvalue weighted by Gasteiger charge is -2.09. The Hall–Kier alpha value is -1.89. The van der Waals surface area contributed by atoms with Gasteiger partial charge in [-0.2, -0.15) is 0 Å². The number of pyridine rings is 1. The molecular weight excluding hydrogens is 356 g/mol. The first-order valence-corrected chi connectivity index (χ1v) is 6.96. The molecule has 0 saturated heterocycles. The number of aromatic nitrogens is 1. The molecule has 0 spiro atoms. The number of carbonyl (C=O) groups excluding carboxylic acids is 1. The van der Waals surface area contributed by atoms with E-state index in [1.165, 1.54) is 18.3 Å². The highest BCUT2D eigenvalue weighted by Gasteiger charge is 2.07. The molecule has 1 aromatic carbocycles. The highest BCUT2D eigenvalue weighted by Crippen LogP contribution is 2.24. The zero-order valence-corrected chi connectivity index (χ0v) is 14.8. The first kappa shape index (κ1) is 22.1. The van der Waals surface area contributed by atoms with E-state index >= 15 is 0 Å². The Bertz CT molecular complexity index is 630. The van der Waals surface area contributed by atoms with Crippen LogP contribution in [-0.4, -0.2) is 24.5 Å². The maximum atomic E-state index is 14.0. The van der Waals surface area contributed by atoms with Gasteiger partial charge in [0, 0.05) is 25.7 Å². The van der Waals surface area contributed by atoms with Gasteiger partial charge in [0.05, 0.1) is 6.20 Å². The first-order chi connectivity index (χ1) is 10.7. The quantitative estimate of drug-likeness (QED) is 0.780. The molecule has 0 fully saturated rings. The number of rotatable bonds is 7. The van der Waals surface area contributed by atoms with Crippen molar-refractivity contribution >= 4 is 30.7 Å². The topological polar surface area (TPSA) is 63.2 Å². The van der Waals surface area contributed by atoms with Gasteiger partial charge in [0.2, 0.25) is 5.91 Å². The van der Waals surface area contributed by atoms with Crippen molar-refractivity contribution in [3.8, 4) is 11.5 Å². The van der Waals surface area contributed by atoms with Gasteiger partial charge in [-0.25, -0.2) is 4.39 Å². The zero-order chi connectivity index (χ0) is 15.8. The number of ether oxygens (including phenoxy) is 1. The van der Waals surface area contributed by atoms with Gasteiger partial charge in [-0.3, -0.25) is 9.78 Å². The van der Waals surface area contributed by atoms with E-state index in [1.807, 2.05) is 0 Å². The fourth-order valence-electron chi connectivity index (χ4n) is 1.80. The van der Waals surface area contributed by atoms with E-state index < -0.39 is 5.82 Å². The van der Waals surface area contributed by atoms with Crippen LogP contribution in [0.3, 0.4) is 0 Å². The second-order valence-electron chi connectivity index (χ2n) is 4.69. The SMILES string of the molecule is CNCCC(=O)NCc1ccc(Oc2cccnc2)c(F)c1.Cl.Cl. The van der Waals surface area contributed by atoms with Crippen LogP contribution in [0.15, 0.2) is 42.7 Å². The van der Waals surface area contributed by atoms with Crippen LogP contribution in [0.4, 0.5) is 4.39 Å². The van der Waals surface area contributed by atoms with Gasteiger partial charge in [-0.05, 0) is 36.9 Å². The van der Waals surface area contributed by atoms with E-state index in [0.29, 0.717) is 24.3 Å². The van der Waals surface area contributed by atoms with E-state index in [9.17, 15) is 9.18 Å². The number of benzene rings is 1. The summed E-state index contributed by atoms with van der Waals surface area (Å²) in [5, 5.41) is 5.63. The van der Waals surface area contributed by atoms with Gasteiger partial charge >= 0.3 is 0 Å². The van der Waals surface area contributed by atoms with Crippen LogP contribution in [0.2, 0.25) is 0 Å². The third kappa shape index (κ3) is 7.12. The molecular formula is C16H20Cl2FN3O2. The number of nitrogens with one attached hydrogen (secondary N) is 2. The summed E-state index contributed by atoms with van der Waals surface area (Å²) >= 11 is 0. The summed E-state index contributed by atoms with van der Waals surface area (Å²) in [6, 6.07) is 8.01. The monoisotopic (exact) mass is 375 g/mol. The van der Waals surface area contributed by atoms with E-state index in [1.54, 1.807) is 31.4 Å². The smallest absolute Gasteiger partial charge is 0.221 e. The van der Waals surface area contributed by atoms with Crippen molar-refractivity contribution < 1.29 is 13.9 Å². The second-order valence-corrected chi connectivity index (χ2v) is 4.69. The number of hydrogen-bond acceptors (Lipinski definition) is 4. The lowest BCUT2D eigenvalue weighted by Crippen LogP contribution is -2.26. The third-order valence-electron chi connectivity index (χ3n) is 2.95. The number of carbonyl (C=O) groups is 1. The van der Waals surface area contributed by atoms with Gasteiger partial charge in [-0.1, -0.05) is 6.07 Å². The minimum Gasteiger partial charge on any atom is -0.453 e. The molecule has 2 N–H and O–H groups in total. The minimum absolute atomic E-state index is 0. The summed E-state index contributed by atoms with van der Waals surface area (Å²) in [6.45, 7) is 0.894. The maximum Gasteiger partial charge on any atom is 0.221 e. The van der Waals surface area contributed by atoms with E-state index in [0.717, 1.165) is 0 Å². The Kier molecular flexibility index (Phi) is 10.7. The van der Waals surface area contributed by atoms with Crippen LogP contribution < -0.4 is 15.4 Å². The Labute approximate surface area is 152 Å². The normalized spacial score (nSPS) is 9.42. The molecule has 0 aliphatic rings. The predicted molar refractivity (Wildman–Crippen MR) is 95.6 cm³/mol. The van der Waals surface area contributed by atoms with Crippen LogP contribution >= 0.6 is 24.8 Å². The fraction of sp³-hybridized carbons (Fsp3) is 0.250. The average Bonchev–Trinajstić information content (AvgIpc) is 2.54. The standard InChI is InChI=1S/C16H18FN3O2.2ClH/c1-18-8-6-16(21)20-10-12-4-5-15(14(17)9-12)22-13-3-2-7-19-11-13;;/h2-5,7,9,11,18H,6,8,10H2,1H3,(H,20,21);2*1H. The molecule has 2 rings (SSSR count). The van der Waals surface area contributed by atoms with Crippen LogP contribution in [0.25, 0.3) is 0 Å². The molecule has 1 amide bonds. The summed E-state index contributed by atoms with van der Waals surface area (Å²) in [7, 11) is 1.78. The number of halogens is 3. The lowest BCUT2D eigenvalue weighted by atomic mass is 10.2. The Morgan fingerprint density at radius 1 is 1.29 bits per heavy atom.